The van der Waals surface area contributed by atoms with Crippen LogP contribution in [0.1, 0.15) is 37.5 Å². The molecule has 27 heavy (non-hydrogen) atoms. The van der Waals surface area contributed by atoms with Crippen LogP contribution < -0.4 is 9.47 Å². The number of unbranched alkanes of at least 4 members (excludes halogenated alkanes) is 3. The van der Waals surface area contributed by atoms with E-state index in [1.54, 1.807) is 14.2 Å². The molecule has 0 amide bonds. The van der Waals surface area contributed by atoms with Gasteiger partial charge < -0.3 is 9.47 Å². The summed E-state index contributed by atoms with van der Waals surface area (Å²) in [6, 6.07) is 14.6. The van der Waals surface area contributed by atoms with E-state index in [0.29, 0.717) is 0 Å². The molecule has 1 aromatic carbocycles. The zero-order chi connectivity index (χ0) is 19.1. The number of rotatable bonds is 9. The van der Waals surface area contributed by atoms with E-state index in [2.05, 4.69) is 36.2 Å². The van der Waals surface area contributed by atoms with E-state index in [-0.39, 0.29) is 0 Å². The van der Waals surface area contributed by atoms with Gasteiger partial charge in [0.15, 0.2) is 11.5 Å². The first-order valence-electron chi connectivity index (χ1n) is 9.52. The highest BCUT2D eigenvalue weighted by molar-refractivity contribution is 7.15. The highest BCUT2D eigenvalue weighted by atomic mass is 32.1. The number of hydrogen-bond acceptors (Lipinski definition) is 4. The summed E-state index contributed by atoms with van der Waals surface area (Å²) in [5, 5.41) is 0. The summed E-state index contributed by atoms with van der Waals surface area (Å²) in [5.41, 5.74) is 3.16. The van der Waals surface area contributed by atoms with Gasteiger partial charge in [-0.3, -0.25) is 4.98 Å². The molecule has 0 aliphatic heterocycles. The third-order valence-electron chi connectivity index (χ3n) is 4.67. The molecule has 0 saturated carbocycles. The lowest BCUT2D eigenvalue weighted by Gasteiger charge is -2.09. The molecule has 0 unspecified atom stereocenters. The van der Waals surface area contributed by atoms with Gasteiger partial charge in [0.05, 0.1) is 24.8 Å². The van der Waals surface area contributed by atoms with E-state index in [9.17, 15) is 0 Å². The van der Waals surface area contributed by atoms with Gasteiger partial charge in [-0.1, -0.05) is 38.3 Å². The normalized spacial score (nSPS) is 10.8. The van der Waals surface area contributed by atoms with Crippen LogP contribution in [-0.4, -0.2) is 19.2 Å². The van der Waals surface area contributed by atoms with Crippen molar-refractivity contribution in [2.75, 3.05) is 14.2 Å². The van der Waals surface area contributed by atoms with Gasteiger partial charge in [-0.2, -0.15) is 0 Å². The second-order valence-corrected chi connectivity index (χ2v) is 7.75. The topological polar surface area (TPSA) is 31.4 Å². The second kappa shape index (κ2) is 9.56. The molecule has 3 aromatic rings. The number of benzene rings is 1. The van der Waals surface area contributed by atoms with Crippen molar-refractivity contribution in [2.24, 2.45) is 0 Å². The van der Waals surface area contributed by atoms with E-state index in [1.165, 1.54) is 41.9 Å². The van der Waals surface area contributed by atoms with Crippen molar-refractivity contribution in [1.82, 2.24) is 4.98 Å². The number of hydrogen-bond donors (Lipinski definition) is 0. The van der Waals surface area contributed by atoms with Crippen molar-refractivity contribution in [3.8, 4) is 33.2 Å². The zero-order valence-electron chi connectivity index (χ0n) is 16.3. The molecule has 0 N–H and O–H groups in total. The molecular formula is C23H27NO2S. The van der Waals surface area contributed by atoms with Crippen molar-refractivity contribution in [3.63, 3.8) is 0 Å². The van der Waals surface area contributed by atoms with Crippen LogP contribution in [0.5, 0.6) is 11.5 Å². The zero-order valence-corrected chi connectivity index (χ0v) is 17.1. The minimum atomic E-state index is 0.727. The van der Waals surface area contributed by atoms with Crippen molar-refractivity contribution >= 4 is 11.3 Å². The Morgan fingerprint density at radius 1 is 0.852 bits per heavy atom. The third-order valence-corrected chi connectivity index (χ3v) is 5.84. The van der Waals surface area contributed by atoms with Gasteiger partial charge in [0.2, 0.25) is 0 Å². The predicted molar refractivity (Wildman–Crippen MR) is 114 cm³/mol. The second-order valence-electron chi connectivity index (χ2n) is 6.58. The molecule has 0 bridgehead atoms. The first kappa shape index (κ1) is 19.4. The molecule has 0 aliphatic rings. The van der Waals surface area contributed by atoms with Gasteiger partial charge in [0.1, 0.15) is 0 Å². The number of aromatic nitrogens is 1. The van der Waals surface area contributed by atoms with Crippen LogP contribution in [0.4, 0.5) is 0 Å². The summed E-state index contributed by atoms with van der Waals surface area (Å²) in [6.07, 6.45) is 8.32. The Morgan fingerprint density at radius 3 is 2.37 bits per heavy atom. The van der Waals surface area contributed by atoms with Crippen LogP contribution in [0.25, 0.3) is 21.7 Å². The lowest BCUT2D eigenvalue weighted by molar-refractivity contribution is 0.355. The standard InChI is InChI=1S/C23H27NO2S/c1-4-5-6-7-8-19-11-14-23(27-19)20-12-9-18(16-24-20)17-10-13-21(25-2)22(15-17)26-3/h9-16H,4-8H2,1-3H3. The summed E-state index contributed by atoms with van der Waals surface area (Å²) >= 11 is 1.86. The molecule has 0 radical (unpaired) electrons. The predicted octanol–water partition coefficient (Wildman–Crippen LogP) is 6.62. The molecule has 4 heteroatoms. The lowest BCUT2D eigenvalue weighted by Crippen LogP contribution is -1.91. The quantitative estimate of drug-likeness (QED) is 0.390. The molecule has 2 aromatic heterocycles. The first-order valence-corrected chi connectivity index (χ1v) is 10.3. The molecule has 0 fully saturated rings. The summed E-state index contributed by atoms with van der Waals surface area (Å²) in [6.45, 7) is 2.25. The average molecular weight is 382 g/mol. The molecule has 0 atom stereocenters. The Balaban J connectivity index is 1.71. The molecular weight excluding hydrogens is 354 g/mol. The minimum Gasteiger partial charge on any atom is -0.493 e. The number of methoxy groups -OCH3 is 2. The SMILES string of the molecule is CCCCCCc1ccc(-c2ccc(-c3ccc(OC)c(OC)c3)cn2)s1. The van der Waals surface area contributed by atoms with Crippen LogP contribution in [0.2, 0.25) is 0 Å². The van der Waals surface area contributed by atoms with E-state index < -0.39 is 0 Å². The molecule has 3 nitrogen and oxygen atoms in total. The Hall–Kier alpha value is -2.33. The number of thiophene rings is 1. The van der Waals surface area contributed by atoms with Crippen molar-refractivity contribution in [2.45, 2.75) is 39.0 Å². The summed E-state index contributed by atoms with van der Waals surface area (Å²) in [5.74, 6) is 1.46. The Bertz CT molecular complexity index is 855. The van der Waals surface area contributed by atoms with E-state index >= 15 is 0 Å². The van der Waals surface area contributed by atoms with Gasteiger partial charge in [0, 0.05) is 16.6 Å². The number of ether oxygens (including phenoxy) is 2. The van der Waals surface area contributed by atoms with Gasteiger partial charge in [-0.25, -0.2) is 0 Å². The fraction of sp³-hybridized carbons (Fsp3) is 0.348. The van der Waals surface area contributed by atoms with Gasteiger partial charge in [-0.15, -0.1) is 11.3 Å². The molecule has 142 valence electrons. The van der Waals surface area contributed by atoms with Crippen LogP contribution in [0.3, 0.4) is 0 Å². The van der Waals surface area contributed by atoms with Crippen LogP contribution in [-0.2, 0) is 6.42 Å². The highest BCUT2D eigenvalue weighted by Gasteiger charge is 2.08. The van der Waals surface area contributed by atoms with E-state index in [1.807, 2.05) is 35.7 Å². The largest absolute Gasteiger partial charge is 0.493 e. The summed E-state index contributed by atoms with van der Waals surface area (Å²) < 4.78 is 10.7. The monoisotopic (exact) mass is 381 g/mol. The van der Waals surface area contributed by atoms with Gasteiger partial charge >= 0.3 is 0 Å². The smallest absolute Gasteiger partial charge is 0.161 e. The first-order chi connectivity index (χ1) is 13.2. The fourth-order valence-corrected chi connectivity index (χ4v) is 4.13. The number of aryl methyl sites for hydroxylation is 1. The minimum absolute atomic E-state index is 0.727. The Labute approximate surface area is 166 Å². The molecule has 3 rings (SSSR count). The van der Waals surface area contributed by atoms with Crippen LogP contribution in [0.15, 0.2) is 48.7 Å². The van der Waals surface area contributed by atoms with Crippen molar-refractivity contribution < 1.29 is 9.47 Å². The Morgan fingerprint density at radius 2 is 1.67 bits per heavy atom. The summed E-state index contributed by atoms with van der Waals surface area (Å²) in [7, 11) is 3.30. The molecule has 0 aliphatic carbocycles. The van der Waals surface area contributed by atoms with Gasteiger partial charge in [-0.05, 0) is 48.7 Å². The molecule has 0 saturated heterocycles. The summed E-state index contributed by atoms with van der Waals surface area (Å²) in [4.78, 5) is 7.37. The number of pyridine rings is 1. The van der Waals surface area contributed by atoms with E-state index in [0.717, 1.165) is 28.3 Å². The fourth-order valence-electron chi connectivity index (χ4n) is 3.10. The molecule has 2 heterocycles. The maximum absolute atomic E-state index is 5.40. The van der Waals surface area contributed by atoms with Crippen molar-refractivity contribution in [3.05, 3.63) is 53.5 Å². The lowest BCUT2D eigenvalue weighted by atomic mass is 10.1. The maximum atomic E-state index is 5.40. The molecule has 0 spiro atoms. The highest BCUT2D eigenvalue weighted by Crippen LogP contribution is 2.33. The van der Waals surface area contributed by atoms with E-state index in [4.69, 9.17) is 9.47 Å². The van der Waals surface area contributed by atoms with Crippen LogP contribution >= 0.6 is 11.3 Å². The van der Waals surface area contributed by atoms with Crippen LogP contribution in [0, 0.1) is 0 Å². The number of nitrogens with zero attached hydrogens (tertiary/aromatic N) is 1. The average Bonchev–Trinajstić information content (AvgIpc) is 3.20. The van der Waals surface area contributed by atoms with Crippen molar-refractivity contribution in [1.29, 1.82) is 0 Å². The van der Waals surface area contributed by atoms with Gasteiger partial charge in [0.25, 0.3) is 0 Å². The maximum Gasteiger partial charge on any atom is 0.161 e. The Kier molecular flexibility index (Phi) is 6.88. The third kappa shape index (κ3) is 4.89.